The highest BCUT2D eigenvalue weighted by molar-refractivity contribution is 7.99. The van der Waals surface area contributed by atoms with E-state index in [1.165, 1.54) is 16.0 Å². The zero-order valence-electron chi connectivity index (χ0n) is 15.6. The predicted molar refractivity (Wildman–Crippen MR) is 113 cm³/mol. The van der Waals surface area contributed by atoms with Gasteiger partial charge in [0.05, 0.1) is 0 Å². The van der Waals surface area contributed by atoms with Gasteiger partial charge in [-0.1, -0.05) is 29.2 Å². The molecule has 1 aromatic heterocycles. The summed E-state index contributed by atoms with van der Waals surface area (Å²) in [5.74, 6) is -0.0953. The Bertz CT molecular complexity index is 1000. The summed E-state index contributed by atoms with van der Waals surface area (Å²) in [7, 11) is 0. The van der Waals surface area contributed by atoms with E-state index >= 15 is 0 Å². The van der Waals surface area contributed by atoms with Crippen LogP contribution in [0.3, 0.4) is 0 Å². The van der Waals surface area contributed by atoms with Crippen LogP contribution >= 0.6 is 23.1 Å². The zero-order chi connectivity index (χ0) is 19.4. The second kappa shape index (κ2) is 8.59. The number of benzene rings is 2. The van der Waals surface area contributed by atoms with Gasteiger partial charge in [-0.2, -0.15) is 0 Å². The van der Waals surface area contributed by atoms with E-state index in [0.717, 1.165) is 27.6 Å². The van der Waals surface area contributed by atoms with Crippen molar-refractivity contribution < 1.29 is 4.79 Å². The van der Waals surface area contributed by atoms with Crippen LogP contribution in [0.15, 0.2) is 62.4 Å². The Balaban J connectivity index is 1.56. The smallest absolute Gasteiger partial charge is 0.307 e. The minimum Gasteiger partial charge on any atom is -0.326 e. The second-order valence-corrected chi connectivity index (χ2v) is 8.43. The molecule has 0 saturated carbocycles. The van der Waals surface area contributed by atoms with Gasteiger partial charge in [0.1, 0.15) is 0 Å². The SMILES string of the molecule is Cc1ccc(Sc2ccc(NC(=O)CCn3c(C)csc3=O)cc2)cc1C. The first-order valence-corrected chi connectivity index (χ1v) is 10.4. The fourth-order valence-electron chi connectivity index (χ4n) is 2.63. The second-order valence-electron chi connectivity index (χ2n) is 6.47. The molecule has 0 aliphatic carbocycles. The van der Waals surface area contributed by atoms with Crippen molar-refractivity contribution >= 4 is 34.7 Å². The van der Waals surface area contributed by atoms with Gasteiger partial charge in [-0.3, -0.25) is 9.59 Å². The highest BCUT2D eigenvalue weighted by atomic mass is 32.2. The van der Waals surface area contributed by atoms with Crippen molar-refractivity contribution in [2.45, 2.75) is 43.5 Å². The van der Waals surface area contributed by atoms with Gasteiger partial charge < -0.3 is 9.88 Å². The van der Waals surface area contributed by atoms with E-state index in [9.17, 15) is 9.59 Å². The van der Waals surface area contributed by atoms with Crippen LogP contribution in [0, 0.1) is 20.8 Å². The topological polar surface area (TPSA) is 51.1 Å². The lowest BCUT2D eigenvalue weighted by Crippen LogP contribution is -2.20. The van der Waals surface area contributed by atoms with Crippen LogP contribution in [-0.4, -0.2) is 10.5 Å². The molecule has 3 aromatic rings. The molecule has 0 unspecified atom stereocenters. The molecule has 2 aromatic carbocycles. The Hall–Kier alpha value is -2.31. The first-order valence-electron chi connectivity index (χ1n) is 8.72. The number of carbonyl (C=O) groups excluding carboxylic acids is 1. The maximum Gasteiger partial charge on any atom is 0.307 e. The van der Waals surface area contributed by atoms with Crippen LogP contribution in [0.5, 0.6) is 0 Å². The molecule has 140 valence electrons. The summed E-state index contributed by atoms with van der Waals surface area (Å²) in [6.07, 6.45) is 0.274. The summed E-state index contributed by atoms with van der Waals surface area (Å²) in [5, 5.41) is 4.70. The number of nitrogens with one attached hydrogen (secondary N) is 1. The van der Waals surface area contributed by atoms with Gasteiger partial charge in [-0.15, -0.1) is 0 Å². The first kappa shape index (κ1) is 19.5. The van der Waals surface area contributed by atoms with Crippen molar-refractivity contribution in [3.05, 3.63) is 74.3 Å². The molecule has 0 atom stereocenters. The van der Waals surface area contributed by atoms with Crippen molar-refractivity contribution in [2.24, 2.45) is 0 Å². The third kappa shape index (κ3) is 5.11. The van der Waals surface area contributed by atoms with Gasteiger partial charge in [-0.05, 0) is 68.3 Å². The monoisotopic (exact) mass is 398 g/mol. The lowest BCUT2D eigenvalue weighted by molar-refractivity contribution is -0.116. The Morgan fingerprint density at radius 2 is 1.74 bits per heavy atom. The molecule has 0 aliphatic rings. The molecule has 3 rings (SSSR count). The van der Waals surface area contributed by atoms with E-state index in [2.05, 4.69) is 37.4 Å². The molecule has 1 heterocycles. The van der Waals surface area contributed by atoms with E-state index in [4.69, 9.17) is 0 Å². The van der Waals surface area contributed by atoms with Crippen molar-refractivity contribution in [1.82, 2.24) is 4.57 Å². The summed E-state index contributed by atoms with van der Waals surface area (Å²) in [6.45, 7) is 6.50. The maximum absolute atomic E-state index is 12.1. The average molecular weight is 399 g/mol. The quantitative estimate of drug-likeness (QED) is 0.635. The number of hydrogen-bond acceptors (Lipinski definition) is 4. The van der Waals surface area contributed by atoms with Gasteiger partial charge in [-0.25, -0.2) is 0 Å². The molecular weight excluding hydrogens is 376 g/mol. The van der Waals surface area contributed by atoms with Gasteiger partial charge >= 0.3 is 4.87 Å². The number of amides is 1. The van der Waals surface area contributed by atoms with Gasteiger partial charge in [0, 0.05) is 39.5 Å². The van der Waals surface area contributed by atoms with Crippen molar-refractivity contribution in [1.29, 1.82) is 0 Å². The van der Waals surface area contributed by atoms with E-state index in [1.54, 1.807) is 16.3 Å². The Kier molecular flexibility index (Phi) is 6.19. The van der Waals surface area contributed by atoms with Crippen LogP contribution in [0.1, 0.15) is 23.2 Å². The molecule has 6 heteroatoms. The number of hydrogen-bond donors (Lipinski definition) is 1. The normalized spacial score (nSPS) is 10.8. The van der Waals surface area contributed by atoms with Gasteiger partial charge in [0.2, 0.25) is 5.91 Å². The predicted octanol–water partition coefficient (Wildman–Crippen LogP) is 5.02. The minimum atomic E-state index is -0.0953. The molecule has 0 radical (unpaired) electrons. The molecule has 0 bridgehead atoms. The molecule has 4 nitrogen and oxygen atoms in total. The largest absolute Gasteiger partial charge is 0.326 e. The zero-order valence-corrected chi connectivity index (χ0v) is 17.2. The molecule has 1 N–H and O–H groups in total. The number of aromatic nitrogens is 1. The average Bonchev–Trinajstić information content (AvgIpc) is 2.96. The Morgan fingerprint density at radius 3 is 2.37 bits per heavy atom. The minimum absolute atomic E-state index is 0.0204. The molecule has 0 fully saturated rings. The number of anilines is 1. The van der Waals surface area contributed by atoms with Crippen LogP contribution < -0.4 is 10.2 Å². The summed E-state index contributed by atoms with van der Waals surface area (Å²) in [5.41, 5.74) is 4.23. The Labute approximate surface area is 167 Å². The fraction of sp³-hybridized carbons (Fsp3) is 0.238. The highest BCUT2D eigenvalue weighted by Crippen LogP contribution is 2.29. The highest BCUT2D eigenvalue weighted by Gasteiger charge is 2.07. The van der Waals surface area contributed by atoms with E-state index < -0.39 is 0 Å². The third-order valence-corrected chi connectivity index (χ3v) is 6.27. The van der Waals surface area contributed by atoms with Crippen LogP contribution in [-0.2, 0) is 11.3 Å². The fourth-order valence-corrected chi connectivity index (χ4v) is 4.31. The van der Waals surface area contributed by atoms with Crippen molar-refractivity contribution in [3.63, 3.8) is 0 Å². The van der Waals surface area contributed by atoms with Gasteiger partial charge in [0.25, 0.3) is 0 Å². The van der Waals surface area contributed by atoms with Crippen molar-refractivity contribution in [2.75, 3.05) is 5.32 Å². The third-order valence-electron chi connectivity index (χ3n) is 4.39. The summed E-state index contributed by atoms with van der Waals surface area (Å²) < 4.78 is 1.63. The molecule has 0 saturated heterocycles. The molecule has 0 spiro atoms. The summed E-state index contributed by atoms with van der Waals surface area (Å²) >= 11 is 2.86. The number of rotatable bonds is 6. The molecule has 1 amide bonds. The molecule has 27 heavy (non-hydrogen) atoms. The molecule has 0 aliphatic heterocycles. The van der Waals surface area contributed by atoms with Gasteiger partial charge in [0.15, 0.2) is 0 Å². The van der Waals surface area contributed by atoms with Crippen LogP contribution in [0.2, 0.25) is 0 Å². The van der Waals surface area contributed by atoms with Crippen molar-refractivity contribution in [3.8, 4) is 0 Å². The standard InChI is InChI=1S/C21H22N2O2S2/c1-14-4-7-19(12-15(14)2)27-18-8-5-17(6-9-18)22-20(24)10-11-23-16(3)13-26-21(23)25/h4-9,12-13H,10-11H2,1-3H3,(H,22,24). The lowest BCUT2D eigenvalue weighted by Gasteiger charge is -2.08. The van der Waals surface area contributed by atoms with E-state index in [-0.39, 0.29) is 17.2 Å². The lowest BCUT2D eigenvalue weighted by atomic mass is 10.1. The van der Waals surface area contributed by atoms with Crippen LogP contribution in [0.4, 0.5) is 5.69 Å². The van der Waals surface area contributed by atoms with E-state index in [1.807, 2.05) is 36.6 Å². The van der Waals surface area contributed by atoms with E-state index in [0.29, 0.717) is 6.54 Å². The number of thiazole rings is 1. The number of carbonyl (C=O) groups is 1. The summed E-state index contributed by atoms with van der Waals surface area (Å²) in [4.78, 5) is 26.1. The number of aryl methyl sites for hydroxylation is 3. The Morgan fingerprint density at radius 1 is 1.04 bits per heavy atom. The van der Waals surface area contributed by atoms with Crippen LogP contribution in [0.25, 0.3) is 0 Å². The maximum atomic E-state index is 12.1. The summed E-state index contributed by atoms with van der Waals surface area (Å²) in [6, 6.07) is 14.3. The number of nitrogens with zero attached hydrogens (tertiary/aromatic N) is 1. The molecular formula is C21H22N2O2S2. The first-order chi connectivity index (χ1) is 12.9.